The number of hydrogen-bond acceptors (Lipinski definition) is 0. The third-order valence-electron chi connectivity index (χ3n) is 13.1. The minimum atomic E-state index is 1.29. The van der Waals surface area contributed by atoms with Crippen LogP contribution in [0, 0.1) is 0 Å². The molecule has 0 aliphatic rings. The molecule has 0 aliphatic carbocycles. The average Bonchev–Trinajstić information content (AvgIpc) is 3.20. The van der Waals surface area contributed by atoms with Gasteiger partial charge in [0.2, 0.25) is 0 Å². The van der Waals surface area contributed by atoms with Gasteiger partial charge in [-0.3, -0.25) is 4.48 Å². The molecule has 1 aromatic carbocycles. The fourth-order valence-electron chi connectivity index (χ4n) is 9.39. The van der Waals surface area contributed by atoms with Crippen LogP contribution in [0.4, 0.5) is 5.69 Å². The maximum atomic E-state index is 2.61. The second kappa shape index (κ2) is 41.3. The van der Waals surface area contributed by atoms with Gasteiger partial charge >= 0.3 is 0 Å². The van der Waals surface area contributed by atoms with E-state index in [0.29, 0.717) is 0 Å². The fourth-order valence-corrected chi connectivity index (χ4v) is 9.39. The Labute approximate surface area is 349 Å². The van der Waals surface area contributed by atoms with Gasteiger partial charge in [0.25, 0.3) is 0 Å². The van der Waals surface area contributed by atoms with E-state index in [-0.39, 0.29) is 0 Å². The van der Waals surface area contributed by atoms with E-state index in [1.54, 1.807) is 11.3 Å². The predicted molar refractivity (Wildman–Crippen MR) is 254 cm³/mol. The lowest BCUT2D eigenvalue weighted by Gasteiger charge is -2.40. The predicted octanol–water partition coefficient (Wildman–Crippen LogP) is 19.2. The summed E-state index contributed by atoms with van der Waals surface area (Å²) in [6.45, 7) is 13.5. The first kappa shape index (κ1) is 52.2. The molecular formula is C54H104N+. The molecule has 0 saturated carbocycles. The van der Waals surface area contributed by atoms with Crippen molar-refractivity contribution in [1.82, 2.24) is 4.48 Å². The van der Waals surface area contributed by atoms with Crippen LogP contribution >= 0.6 is 0 Å². The van der Waals surface area contributed by atoms with Crippen LogP contribution in [0.3, 0.4) is 0 Å². The number of unbranched alkanes of at least 4 members (excludes halogenated alkanes) is 36. The summed E-state index contributed by atoms with van der Waals surface area (Å²) in [5, 5.41) is 0. The summed E-state index contributed by atoms with van der Waals surface area (Å²) in [6.07, 6.45) is 58.7. The zero-order chi connectivity index (χ0) is 39.6. The summed E-state index contributed by atoms with van der Waals surface area (Å²) < 4.78 is 1.29. The maximum Gasteiger partial charge on any atom is 0.136 e. The van der Waals surface area contributed by atoms with Gasteiger partial charge in [-0.05, 0) is 57.4 Å². The van der Waals surface area contributed by atoms with Gasteiger partial charge in [0, 0.05) is 5.56 Å². The molecular weight excluding hydrogens is 663 g/mol. The highest BCUT2D eigenvalue weighted by Gasteiger charge is 2.31. The van der Waals surface area contributed by atoms with Gasteiger partial charge in [0.1, 0.15) is 5.69 Å². The zero-order valence-corrected chi connectivity index (χ0v) is 38.9. The summed E-state index contributed by atoms with van der Waals surface area (Å²) >= 11 is 0. The molecule has 1 aromatic rings. The van der Waals surface area contributed by atoms with Gasteiger partial charge in [-0.25, -0.2) is 0 Å². The van der Waals surface area contributed by atoms with Crippen molar-refractivity contribution >= 4 is 5.69 Å². The fraction of sp³-hybridized carbons (Fsp3) is 0.889. The van der Waals surface area contributed by atoms with Crippen molar-refractivity contribution in [2.24, 2.45) is 0 Å². The van der Waals surface area contributed by atoms with Crippen LogP contribution < -0.4 is 4.48 Å². The highest BCUT2D eigenvalue weighted by Crippen LogP contribution is 2.32. The van der Waals surface area contributed by atoms with E-state index < -0.39 is 0 Å². The molecule has 0 spiro atoms. The lowest BCUT2D eigenvalue weighted by atomic mass is 9.98. The van der Waals surface area contributed by atoms with E-state index in [2.05, 4.69) is 52.0 Å². The highest BCUT2D eigenvalue weighted by atomic mass is 15.4. The van der Waals surface area contributed by atoms with Crippen LogP contribution in [0.5, 0.6) is 0 Å². The average molecular weight is 767 g/mol. The lowest BCUT2D eigenvalue weighted by Crippen LogP contribution is -2.52. The summed E-state index contributed by atoms with van der Waals surface area (Å²) in [7, 11) is 0. The van der Waals surface area contributed by atoms with E-state index in [4.69, 9.17) is 0 Å². The smallest absolute Gasteiger partial charge is 0.136 e. The second-order valence-electron chi connectivity index (χ2n) is 18.4. The first-order valence-electron chi connectivity index (χ1n) is 26.2. The molecule has 0 unspecified atom stereocenters. The number of benzene rings is 1. The molecule has 0 atom stereocenters. The molecule has 1 heteroatoms. The SMILES string of the molecule is CCCCCCCCCCCCc1ccccc1[N+](CCCCCCCCCCCC)(CCCCCCCCCCCC)CCCCCCCCCCCC. The van der Waals surface area contributed by atoms with Gasteiger partial charge in [0.15, 0.2) is 0 Å². The Hall–Kier alpha value is -0.820. The van der Waals surface area contributed by atoms with Gasteiger partial charge in [-0.15, -0.1) is 0 Å². The number of quaternary nitrogens is 1. The Morgan fingerprint density at radius 1 is 0.273 bits per heavy atom. The first-order valence-corrected chi connectivity index (χ1v) is 26.2. The number of aryl methyl sites for hydroxylation is 1. The minimum absolute atomic E-state index is 1.29. The van der Waals surface area contributed by atoms with E-state index in [1.807, 2.05) is 0 Å². The quantitative estimate of drug-likeness (QED) is 0.0458. The number of rotatable bonds is 45. The van der Waals surface area contributed by atoms with Crippen molar-refractivity contribution in [2.75, 3.05) is 19.6 Å². The van der Waals surface area contributed by atoms with Crippen molar-refractivity contribution < 1.29 is 0 Å². The Bertz CT molecular complexity index is 814. The van der Waals surface area contributed by atoms with Crippen LogP contribution in [0.1, 0.15) is 290 Å². The number of nitrogens with zero attached hydrogens (tertiary/aromatic N) is 1. The molecule has 0 amide bonds. The molecule has 0 radical (unpaired) electrons. The summed E-state index contributed by atoms with van der Waals surface area (Å²) in [4.78, 5) is 0. The minimum Gasteiger partial charge on any atom is -0.291 e. The third-order valence-corrected chi connectivity index (χ3v) is 13.1. The van der Waals surface area contributed by atoms with Crippen LogP contribution in [0.15, 0.2) is 24.3 Å². The lowest BCUT2D eigenvalue weighted by molar-refractivity contribution is 0.251. The van der Waals surface area contributed by atoms with Crippen molar-refractivity contribution in [2.45, 2.75) is 291 Å². The van der Waals surface area contributed by atoms with E-state index >= 15 is 0 Å². The third kappa shape index (κ3) is 30.9. The van der Waals surface area contributed by atoms with E-state index in [9.17, 15) is 0 Å². The highest BCUT2D eigenvalue weighted by molar-refractivity contribution is 5.51. The Balaban J connectivity index is 2.92. The molecule has 0 fully saturated rings. The number of para-hydroxylation sites is 1. The summed E-state index contributed by atoms with van der Waals surface area (Å²) in [5.41, 5.74) is 3.44. The first-order chi connectivity index (χ1) is 27.2. The summed E-state index contributed by atoms with van der Waals surface area (Å²) in [5.74, 6) is 0. The molecule has 0 aromatic heterocycles. The maximum absolute atomic E-state index is 2.61. The Kier molecular flexibility index (Phi) is 39.2. The zero-order valence-electron chi connectivity index (χ0n) is 38.9. The second-order valence-corrected chi connectivity index (χ2v) is 18.4. The summed E-state index contributed by atoms with van der Waals surface area (Å²) in [6, 6.07) is 9.92. The molecule has 0 bridgehead atoms. The molecule has 1 rings (SSSR count). The molecule has 55 heavy (non-hydrogen) atoms. The molecule has 0 heterocycles. The largest absolute Gasteiger partial charge is 0.291 e. The molecule has 324 valence electrons. The van der Waals surface area contributed by atoms with E-state index in [1.165, 1.54) is 287 Å². The topological polar surface area (TPSA) is 0 Å². The molecule has 0 N–H and O–H groups in total. The Morgan fingerprint density at radius 2 is 0.509 bits per heavy atom. The van der Waals surface area contributed by atoms with Crippen molar-refractivity contribution in [3.63, 3.8) is 0 Å². The van der Waals surface area contributed by atoms with Crippen LogP contribution in [0.2, 0.25) is 0 Å². The van der Waals surface area contributed by atoms with Gasteiger partial charge in [-0.2, -0.15) is 0 Å². The van der Waals surface area contributed by atoms with Crippen molar-refractivity contribution in [3.05, 3.63) is 29.8 Å². The molecule has 0 aliphatic heterocycles. The van der Waals surface area contributed by atoms with Gasteiger partial charge in [-0.1, -0.05) is 258 Å². The normalized spacial score (nSPS) is 11.9. The standard InChI is InChI=1S/C54H104N/c1-5-9-13-17-21-25-29-33-37-41-47-53-48-42-43-49-54(53)55(50-44-38-34-30-26-22-18-14-10-6-2,51-45-39-35-31-27-23-19-15-11-7-3)52-46-40-36-32-28-24-20-16-12-8-4/h42-43,48-49H,5-41,44-47,50-52H2,1-4H3/q+1. The van der Waals surface area contributed by atoms with Crippen molar-refractivity contribution in [3.8, 4) is 0 Å². The van der Waals surface area contributed by atoms with Crippen LogP contribution in [0.25, 0.3) is 0 Å². The van der Waals surface area contributed by atoms with Crippen LogP contribution in [-0.2, 0) is 6.42 Å². The monoisotopic (exact) mass is 767 g/mol. The molecule has 0 saturated heterocycles. The number of hydrogen-bond donors (Lipinski definition) is 0. The molecule has 1 nitrogen and oxygen atoms in total. The van der Waals surface area contributed by atoms with Gasteiger partial charge in [0.05, 0.1) is 19.6 Å². The Morgan fingerprint density at radius 3 is 0.800 bits per heavy atom. The van der Waals surface area contributed by atoms with Crippen molar-refractivity contribution in [1.29, 1.82) is 0 Å². The van der Waals surface area contributed by atoms with Crippen LogP contribution in [-0.4, -0.2) is 19.6 Å². The van der Waals surface area contributed by atoms with Gasteiger partial charge < -0.3 is 0 Å². The van der Waals surface area contributed by atoms with E-state index in [0.717, 1.165) is 0 Å².